The fraction of sp³-hybridized carbons (Fsp3) is 0.400. The van der Waals surface area contributed by atoms with E-state index in [1.807, 2.05) is 7.05 Å². The molecule has 0 saturated heterocycles. The molecule has 4 heterocycles. The number of rotatable bonds is 3. The Hall–Kier alpha value is -3.21. The van der Waals surface area contributed by atoms with Crippen LogP contribution in [0, 0.1) is 0 Å². The first-order valence-electron chi connectivity index (χ1n) is 9.99. The van der Waals surface area contributed by atoms with E-state index in [9.17, 15) is 13.2 Å². The molecule has 0 radical (unpaired) electrons. The van der Waals surface area contributed by atoms with E-state index in [1.165, 1.54) is 4.40 Å². The monoisotopic (exact) mass is 430 g/mol. The Bertz CT molecular complexity index is 1250. The van der Waals surface area contributed by atoms with Crippen molar-refractivity contribution in [3.63, 3.8) is 0 Å². The number of hydrogen-bond acceptors (Lipinski definition) is 6. The van der Waals surface area contributed by atoms with Gasteiger partial charge in [0.25, 0.3) is 0 Å². The lowest BCUT2D eigenvalue weighted by Gasteiger charge is -2.37. The summed E-state index contributed by atoms with van der Waals surface area (Å²) >= 11 is 0. The number of nitrogens with two attached hydrogens (primary N) is 1. The molecule has 8 nitrogen and oxygen atoms in total. The summed E-state index contributed by atoms with van der Waals surface area (Å²) in [5, 5.41) is 17.0. The van der Waals surface area contributed by atoms with Gasteiger partial charge in [0.05, 0.1) is 29.1 Å². The predicted octanol–water partition coefficient (Wildman–Crippen LogP) is 3.24. The fourth-order valence-electron chi connectivity index (χ4n) is 4.33. The molecule has 1 aliphatic rings. The summed E-state index contributed by atoms with van der Waals surface area (Å²) in [7, 11) is 1.85. The number of halogens is 3. The maximum Gasteiger partial charge on any atom is 0.434 e. The number of hydrogen-bond donors (Lipinski definition) is 2. The lowest BCUT2D eigenvalue weighted by molar-refractivity contribution is -0.140. The minimum absolute atomic E-state index is 0.0695. The number of nitrogens with zero attached hydrogens (tertiary/aromatic N) is 6. The minimum atomic E-state index is -4.48. The smallest absolute Gasteiger partial charge is 0.368 e. The summed E-state index contributed by atoms with van der Waals surface area (Å²) < 4.78 is 42.3. The van der Waals surface area contributed by atoms with Crippen LogP contribution in [0.3, 0.4) is 0 Å². The molecule has 0 spiro atoms. The van der Waals surface area contributed by atoms with Gasteiger partial charge in [-0.3, -0.25) is 9.08 Å². The van der Waals surface area contributed by atoms with Gasteiger partial charge in [-0.15, -0.1) is 0 Å². The molecule has 1 saturated carbocycles. The number of aryl methyl sites for hydroxylation is 1. The van der Waals surface area contributed by atoms with Crippen LogP contribution in [0.1, 0.15) is 37.1 Å². The van der Waals surface area contributed by atoms with Gasteiger partial charge in [-0.1, -0.05) is 6.07 Å². The van der Waals surface area contributed by atoms with Gasteiger partial charge in [0, 0.05) is 24.7 Å². The topological polar surface area (TPSA) is 99.0 Å². The Morgan fingerprint density at radius 2 is 1.97 bits per heavy atom. The highest BCUT2D eigenvalue weighted by Gasteiger charge is 2.37. The minimum Gasteiger partial charge on any atom is -0.368 e. The van der Waals surface area contributed by atoms with Crippen LogP contribution in [0.15, 0.2) is 36.8 Å². The lowest BCUT2D eigenvalue weighted by atomic mass is 9.77. The standard InChI is InChI=1S/C20H21F3N8/c1-30-14-10-25-29-18(13(14)9-26-30)19(24)7-5-12(6-8-19)27-16-3-2-4-17-28-15(11-31(16)17)20(21,22)23/h2-4,9-12,27H,5-8,24H2,1H3. The molecule has 162 valence electrons. The number of alkyl halides is 3. The van der Waals surface area contributed by atoms with Gasteiger partial charge < -0.3 is 11.1 Å². The summed E-state index contributed by atoms with van der Waals surface area (Å²) in [5.41, 5.74) is 7.08. The Kier molecular flexibility index (Phi) is 4.40. The Labute approximate surface area is 175 Å². The molecule has 3 N–H and O–H groups in total. The van der Waals surface area contributed by atoms with Crippen molar-refractivity contribution in [1.82, 2.24) is 29.4 Å². The van der Waals surface area contributed by atoms with Crippen molar-refractivity contribution < 1.29 is 13.2 Å². The van der Waals surface area contributed by atoms with E-state index >= 15 is 0 Å². The molecule has 31 heavy (non-hydrogen) atoms. The van der Waals surface area contributed by atoms with E-state index in [0.29, 0.717) is 18.7 Å². The molecule has 0 unspecified atom stereocenters. The van der Waals surface area contributed by atoms with Gasteiger partial charge in [-0.25, -0.2) is 4.98 Å². The van der Waals surface area contributed by atoms with E-state index < -0.39 is 17.4 Å². The molecule has 4 aromatic heterocycles. The maximum absolute atomic E-state index is 13.0. The van der Waals surface area contributed by atoms with Crippen LogP contribution < -0.4 is 11.1 Å². The summed E-state index contributed by atoms with van der Waals surface area (Å²) in [5.74, 6) is 0.573. The summed E-state index contributed by atoms with van der Waals surface area (Å²) in [6.07, 6.45) is 2.79. The largest absolute Gasteiger partial charge is 0.434 e. The summed E-state index contributed by atoms with van der Waals surface area (Å²) in [6.45, 7) is 0. The molecule has 5 rings (SSSR count). The molecular weight excluding hydrogens is 409 g/mol. The molecular formula is C20H21F3N8. The normalized spacial score (nSPS) is 22.3. The molecule has 1 fully saturated rings. The highest BCUT2D eigenvalue weighted by molar-refractivity contribution is 5.80. The number of anilines is 1. The zero-order chi connectivity index (χ0) is 21.8. The third-order valence-corrected chi connectivity index (χ3v) is 6.06. The van der Waals surface area contributed by atoms with Crippen molar-refractivity contribution >= 4 is 22.4 Å². The van der Waals surface area contributed by atoms with Gasteiger partial charge in [-0.05, 0) is 37.8 Å². The second-order valence-corrected chi connectivity index (χ2v) is 8.10. The average Bonchev–Trinajstić information content (AvgIpc) is 3.34. The number of pyridine rings is 1. The molecule has 0 amide bonds. The van der Waals surface area contributed by atoms with Crippen LogP contribution in [-0.4, -0.2) is 35.4 Å². The van der Waals surface area contributed by atoms with E-state index in [4.69, 9.17) is 5.73 Å². The van der Waals surface area contributed by atoms with E-state index in [-0.39, 0.29) is 11.7 Å². The van der Waals surface area contributed by atoms with E-state index in [0.717, 1.165) is 35.6 Å². The number of aromatic nitrogens is 6. The molecule has 1 aliphatic carbocycles. The van der Waals surface area contributed by atoms with Gasteiger partial charge >= 0.3 is 6.18 Å². The Morgan fingerprint density at radius 3 is 2.71 bits per heavy atom. The Morgan fingerprint density at radius 1 is 1.19 bits per heavy atom. The second-order valence-electron chi connectivity index (χ2n) is 8.10. The van der Waals surface area contributed by atoms with Crippen LogP contribution in [0.25, 0.3) is 16.6 Å². The summed E-state index contributed by atoms with van der Waals surface area (Å²) in [6, 6.07) is 5.07. The maximum atomic E-state index is 13.0. The molecule has 4 aromatic rings. The predicted molar refractivity (Wildman–Crippen MR) is 108 cm³/mol. The first-order chi connectivity index (χ1) is 14.7. The number of imidazole rings is 1. The van der Waals surface area contributed by atoms with Crippen molar-refractivity contribution in [1.29, 1.82) is 0 Å². The third kappa shape index (κ3) is 3.38. The van der Waals surface area contributed by atoms with Crippen LogP contribution in [0.4, 0.5) is 19.0 Å². The molecule has 11 heteroatoms. The fourth-order valence-corrected chi connectivity index (χ4v) is 4.33. The zero-order valence-electron chi connectivity index (χ0n) is 16.8. The summed E-state index contributed by atoms with van der Waals surface area (Å²) in [4.78, 5) is 3.69. The molecule has 0 aliphatic heterocycles. The van der Waals surface area contributed by atoms with E-state index in [2.05, 4.69) is 25.6 Å². The quantitative estimate of drug-likeness (QED) is 0.518. The van der Waals surface area contributed by atoms with Crippen LogP contribution in [0.2, 0.25) is 0 Å². The van der Waals surface area contributed by atoms with Crippen LogP contribution in [-0.2, 0) is 18.8 Å². The van der Waals surface area contributed by atoms with Crippen LogP contribution >= 0.6 is 0 Å². The molecule has 0 atom stereocenters. The molecule has 0 bridgehead atoms. The van der Waals surface area contributed by atoms with E-state index in [1.54, 1.807) is 35.3 Å². The second kappa shape index (κ2) is 6.91. The highest BCUT2D eigenvalue weighted by Crippen LogP contribution is 2.38. The van der Waals surface area contributed by atoms with Crippen molar-refractivity contribution in [3.8, 4) is 0 Å². The SMILES string of the molecule is Cn1ncc2c(C3(N)CCC(Nc4cccc5nc(C(F)(F)F)cn45)CC3)nncc21. The van der Waals surface area contributed by atoms with Gasteiger partial charge in [0.1, 0.15) is 11.5 Å². The lowest BCUT2D eigenvalue weighted by Crippen LogP contribution is -2.44. The van der Waals surface area contributed by atoms with Gasteiger partial charge in [0.15, 0.2) is 5.69 Å². The first kappa shape index (κ1) is 19.7. The molecule has 0 aromatic carbocycles. The third-order valence-electron chi connectivity index (χ3n) is 6.06. The van der Waals surface area contributed by atoms with Crippen molar-refractivity contribution in [2.24, 2.45) is 12.8 Å². The zero-order valence-corrected chi connectivity index (χ0v) is 16.8. The van der Waals surface area contributed by atoms with Crippen LogP contribution in [0.5, 0.6) is 0 Å². The van der Waals surface area contributed by atoms with Crippen molar-refractivity contribution in [3.05, 3.63) is 48.2 Å². The number of fused-ring (bicyclic) bond motifs is 2. The van der Waals surface area contributed by atoms with Gasteiger partial charge in [0.2, 0.25) is 0 Å². The highest BCUT2D eigenvalue weighted by atomic mass is 19.4. The van der Waals surface area contributed by atoms with Gasteiger partial charge in [-0.2, -0.15) is 28.5 Å². The average molecular weight is 430 g/mol. The van der Waals surface area contributed by atoms with Crippen molar-refractivity contribution in [2.45, 2.75) is 43.4 Å². The van der Waals surface area contributed by atoms with Crippen molar-refractivity contribution in [2.75, 3.05) is 5.32 Å². The first-order valence-corrected chi connectivity index (χ1v) is 9.99. The Balaban J connectivity index is 1.36. The number of nitrogens with one attached hydrogen (secondary N) is 1.